The maximum absolute atomic E-state index is 11.8. The smallest absolute Gasteiger partial charge is 0.362 e. The zero-order valence-electron chi connectivity index (χ0n) is 26.2. The molecule has 0 spiro atoms. The molecule has 3 unspecified atom stereocenters. The van der Waals surface area contributed by atoms with Crippen molar-refractivity contribution in [3.8, 4) is 0 Å². The van der Waals surface area contributed by atoms with Crippen molar-refractivity contribution < 1.29 is 34.2 Å². The molecular formula is C33H62NO6+. The first kappa shape index (κ1) is 38.1. The van der Waals surface area contributed by atoms with E-state index in [2.05, 4.69) is 19.1 Å². The average molecular weight is 569 g/mol. The minimum atomic E-state index is -1.17. The molecule has 0 aromatic heterocycles. The summed E-state index contributed by atoms with van der Waals surface area (Å²) in [6.07, 6.45) is 29.2. The van der Waals surface area contributed by atoms with Crippen LogP contribution in [-0.2, 0) is 14.4 Å². The van der Waals surface area contributed by atoms with Crippen molar-refractivity contribution in [2.45, 2.75) is 174 Å². The fourth-order valence-electron chi connectivity index (χ4n) is 5.90. The van der Waals surface area contributed by atoms with Crippen LogP contribution in [0.4, 0.5) is 0 Å². The second-order valence-electron chi connectivity index (χ2n) is 11.8. The van der Waals surface area contributed by atoms with Gasteiger partial charge in [0.05, 0.1) is 6.54 Å². The van der Waals surface area contributed by atoms with Crippen molar-refractivity contribution in [3.63, 3.8) is 0 Å². The Morgan fingerprint density at radius 2 is 0.775 bits per heavy atom. The third-order valence-electron chi connectivity index (χ3n) is 8.79. The van der Waals surface area contributed by atoms with E-state index in [-0.39, 0.29) is 6.54 Å². The van der Waals surface area contributed by atoms with E-state index in [0.717, 1.165) is 19.3 Å². The lowest BCUT2D eigenvalue weighted by Gasteiger charge is -2.47. The Bertz CT molecular complexity index is 657. The van der Waals surface area contributed by atoms with Crippen LogP contribution in [0, 0.1) is 0 Å². The van der Waals surface area contributed by atoms with E-state index in [1.54, 1.807) is 0 Å². The lowest BCUT2D eigenvalue weighted by atomic mass is 10.00. The predicted molar refractivity (Wildman–Crippen MR) is 164 cm³/mol. The van der Waals surface area contributed by atoms with Crippen LogP contribution in [0.15, 0.2) is 12.2 Å². The molecule has 40 heavy (non-hydrogen) atoms. The molecule has 0 aliphatic rings. The Hall–Kier alpha value is -1.89. The Morgan fingerprint density at radius 1 is 0.500 bits per heavy atom. The summed E-state index contributed by atoms with van der Waals surface area (Å²) in [5.41, 5.74) is 0. The van der Waals surface area contributed by atoms with Crippen molar-refractivity contribution in [1.82, 2.24) is 0 Å². The predicted octanol–water partition coefficient (Wildman–Crippen LogP) is 8.60. The summed E-state index contributed by atoms with van der Waals surface area (Å²) in [5.74, 6) is -3.51. The van der Waals surface area contributed by atoms with Crippen LogP contribution in [0.2, 0.25) is 0 Å². The van der Waals surface area contributed by atoms with Gasteiger partial charge < -0.3 is 15.3 Å². The first-order valence-electron chi connectivity index (χ1n) is 16.3. The average Bonchev–Trinajstić information content (AvgIpc) is 2.92. The number of hydrogen-bond acceptors (Lipinski definition) is 3. The number of nitrogens with zero attached hydrogens (tertiary/aromatic N) is 1. The third-order valence-corrected chi connectivity index (χ3v) is 8.79. The second kappa shape index (κ2) is 23.8. The zero-order chi connectivity index (χ0) is 30.2. The van der Waals surface area contributed by atoms with Gasteiger partial charge in [0.1, 0.15) is 0 Å². The van der Waals surface area contributed by atoms with E-state index in [0.29, 0.717) is 6.42 Å². The lowest BCUT2D eigenvalue weighted by Crippen LogP contribution is -2.70. The van der Waals surface area contributed by atoms with Crippen LogP contribution in [-0.4, -0.2) is 62.4 Å². The van der Waals surface area contributed by atoms with Crippen molar-refractivity contribution in [2.24, 2.45) is 0 Å². The molecule has 234 valence electrons. The molecule has 0 bridgehead atoms. The number of allylic oxidation sites excluding steroid dienone is 2. The van der Waals surface area contributed by atoms with Gasteiger partial charge in [-0.15, -0.1) is 0 Å². The number of unbranched alkanes of at least 4 members (excludes halogenated alkanes) is 18. The Labute approximate surface area is 245 Å². The molecule has 0 rings (SSSR count). The summed E-state index contributed by atoms with van der Waals surface area (Å²) in [5, 5.41) is 29.0. The van der Waals surface area contributed by atoms with Crippen LogP contribution in [0.5, 0.6) is 0 Å². The van der Waals surface area contributed by atoms with Gasteiger partial charge in [0.25, 0.3) is 0 Å². The van der Waals surface area contributed by atoms with Crippen molar-refractivity contribution in [1.29, 1.82) is 0 Å². The number of aliphatic carboxylic acids is 3. The number of carbonyl (C=O) groups is 3. The lowest BCUT2D eigenvalue weighted by molar-refractivity contribution is -0.968. The molecule has 3 N–H and O–H groups in total. The molecule has 0 amide bonds. The van der Waals surface area contributed by atoms with E-state index < -0.39 is 40.5 Å². The first-order valence-corrected chi connectivity index (χ1v) is 16.3. The fraction of sp³-hybridized carbons (Fsp3) is 0.848. The molecule has 0 radical (unpaired) electrons. The van der Waals surface area contributed by atoms with Crippen LogP contribution >= 0.6 is 0 Å². The second-order valence-corrected chi connectivity index (χ2v) is 11.8. The molecule has 0 saturated carbocycles. The molecule has 0 saturated heterocycles. The van der Waals surface area contributed by atoms with Crippen molar-refractivity contribution in [2.75, 3.05) is 6.54 Å². The van der Waals surface area contributed by atoms with E-state index in [1.807, 2.05) is 0 Å². The highest BCUT2D eigenvalue weighted by Crippen LogP contribution is 2.27. The quantitative estimate of drug-likeness (QED) is 0.0495. The Morgan fingerprint density at radius 3 is 1.07 bits per heavy atom. The van der Waals surface area contributed by atoms with Gasteiger partial charge in [-0.2, -0.15) is 0 Å². The summed E-state index contributed by atoms with van der Waals surface area (Å²) in [4.78, 5) is 35.5. The summed E-state index contributed by atoms with van der Waals surface area (Å²) in [6.45, 7) is 6.77. The Balaban J connectivity index is 4.00. The minimum absolute atomic E-state index is 0.224. The standard InChI is InChI=1S/C33H61NO6/c1-5-6-7-8-9-10-11-12-13-14-15-16-17-18-19-20-21-22-23-24-25-26-27-34(28(2)31(35)36,29(3)32(37)38)30(4)33(39)40/h14-15,28-30H,5-13,16-27H2,1-4H3,(H2-,35,36,37,38,39,40)/p+1/b15-14+. The molecule has 0 aliphatic carbocycles. The largest absolute Gasteiger partial charge is 0.477 e. The molecule has 7 nitrogen and oxygen atoms in total. The summed E-state index contributed by atoms with van der Waals surface area (Å²) in [6, 6.07) is -3.37. The molecule has 0 heterocycles. The molecule has 7 heteroatoms. The normalized spacial score (nSPS) is 15.5. The number of carboxylic acid groups (broad SMARTS) is 3. The van der Waals surface area contributed by atoms with Gasteiger partial charge in [-0.25, -0.2) is 14.4 Å². The first-order chi connectivity index (χ1) is 19.1. The number of rotatable bonds is 28. The highest BCUT2D eigenvalue weighted by Gasteiger charge is 2.52. The van der Waals surface area contributed by atoms with Gasteiger partial charge in [0, 0.05) is 0 Å². The van der Waals surface area contributed by atoms with E-state index in [4.69, 9.17) is 0 Å². The summed E-state index contributed by atoms with van der Waals surface area (Å²) < 4.78 is -0.478. The van der Waals surface area contributed by atoms with E-state index in [1.165, 1.54) is 124 Å². The molecule has 0 aromatic rings. The van der Waals surface area contributed by atoms with Crippen LogP contribution < -0.4 is 0 Å². The van der Waals surface area contributed by atoms with Gasteiger partial charge in [-0.1, -0.05) is 109 Å². The molecular weight excluding hydrogens is 506 g/mol. The number of carboxylic acids is 3. The fourth-order valence-corrected chi connectivity index (χ4v) is 5.90. The van der Waals surface area contributed by atoms with E-state index >= 15 is 0 Å². The van der Waals surface area contributed by atoms with Gasteiger partial charge in [-0.05, 0) is 59.3 Å². The molecule has 0 aromatic carbocycles. The monoisotopic (exact) mass is 568 g/mol. The van der Waals surface area contributed by atoms with Crippen LogP contribution in [0.25, 0.3) is 0 Å². The molecule has 0 aliphatic heterocycles. The number of quaternary nitrogens is 1. The maximum Gasteiger partial charge on any atom is 0.362 e. The topological polar surface area (TPSA) is 112 Å². The molecule has 0 fully saturated rings. The molecule has 3 atom stereocenters. The third kappa shape index (κ3) is 15.8. The van der Waals surface area contributed by atoms with Crippen molar-refractivity contribution in [3.05, 3.63) is 12.2 Å². The van der Waals surface area contributed by atoms with E-state index in [9.17, 15) is 29.7 Å². The van der Waals surface area contributed by atoms with Gasteiger partial charge in [0.15, 0.2) is 18.1 Å². The number of hydrogen-bond donors (Lipinski definition) is 3. The summed E-state index contributed by atoms with van der Waals surface area (Å²) >= 11 is 0. The van der Waals surface area contributed by atoms with Crippen molar-refractivity contribution >= 4 is 17.9 Å². The van der Waals surface area contributed by atoms with Gasteiger partial charge in [-0.3, -0.25) is 4.48 Å². The zero-order valence-corrected chi connectivity index (χ0v) is 26.2. The minimum Gasteiger partial charge on any atom is -0.477 e. The SMILES string of the molecule is CCCCCCCCCC/C=C/CCCCCCCCCCCC[N+](C(C)C(=O)O)(C(C)C(=O)O)C(C)C(=O)O. The highest BCUT2D eigenvalue weighted by atomic mass is 16.4. The Kier molecular flexibility index (Phi) is 22.7. The highest BCUT2D eigenvalue weighted by molar-refractivity contribution is 5.77. The van der Waals surface area contributed by atoms with Gasteiger partial charge in [0.2, 0.25) is 0 Å². The summed E-state index contributed by atoms with van der Waals surface area (Å²) in [7, 11) is 0. The van der Waals surface area contributed by atoms with Crippen LogP contribution in [0.3, 0.4) is 0 Å². The van der Waals surface area contributed by atoms with Gasteiger partial charge >= 0.3 is 17.9 Å². The van der Waals surface area contributed by atoms with Crippen LogP contribution in [0.1, 0.15) is 156 Å². The maximum atomic E-state index is 11.8.